The Bertz CT molecular complexity index is 765. The van der Waals surface area contributed by atoms with Crippen LogP contribution in [-0.2, 0) is 6.42 Å². The first-order valence-electron chi connectivity index (χ1n) is 6.68. The minimum absolute atomic E-state index is 0.260. The Kier molecular flexibility index (Phi) is 5.77. The van der Waals surface area contributed by atoms with Crippen molar-refractivity contribution in [2.75, 3.05) is 0 Å². The fourth-order valence-corrected chi connectivity index (χ4v) is 3.53. The summed E-state index contributed by atoms with van der Waals surface area (Å²) in [4.78, 5) is 11.9. The molecular weight excluding hydrogens is 383 g/mol. The molecule has 7 heteroatoms. The Labute approximate surface area is 145 Å². The second kappa shape index (κ2) is 7.59. The van der Waals surface area contributed by atoms with Crippen LogP contribution in [0.4, 0.5) is 9.18 Å². The van der Waals surface area contributed by atoms with Gasteiger partial charge in [-0.15, -0.1) is 11.3 Å². The number of halogens is 2. The number of rotatable bonds is 3. The van der Waals surface area contributed by atoms with Gasteiger partial charge in [-0.3, -0.25) is 5.21 Å². The normalized spacial score (nSPS) is 11.5. The van der Waals surface area contributed by atoms with Crippen molar-refractivity contribution in [2.24, 2.45) is 5.73 Å². The average molecular weight is 397 g/mol. The van der Waals surface area contributed by atoms with Crippen molar-refractivity contribution in [2.45, 2.75) is 19.4 Å². The van der Waals surface area contributed by atoms with E-state index in [1.165, 1.54) is 23.5 Å². The van der Waals surface area contributed by atoms with Gasteiger partial charge in [-0.05, 0) is 46.6 Å². The van der Waals surface area contributed by atoms with Crippen molar-refractivity contribution in [3.63, 3.8) is 0 Å². The van der Waals surface area contributed by atoms with Gasteiger partial charge in [-0.25, -0.2) is 9.18 Å². The number of thiophene rings is 1. The Morgan fingerprint density at radius 2 is 2.13 bits per heavy atom. The summed E-state index contributed by atoms with van der Waals surface area (Å²) in [5.41, 5.74) is 6.74. The molecule has 0 spiro atoms. The number of hydroxylamine groups is 2. The summed E-state index contributed by atoms with van der Waals surface area (Å²) >= 11 is 4.98. The monoisotopic (exact) mass is 396 g/mol. The van der Waals surface area contributed by atoms with E-state index >= 15 is 0 Å². The van der Waals surface area contributed by atoms with E-state index in [4.69, 9.17) is 5.73 Å². The van der Waals surface area contributed by atoms with Crippen LogP contribution in [0.25, 0.3) is 0 Å². The predicted octanol–water partition coefficient (Wildman–Crippen LogP) is 3.75. The van der Waals surface area contributed by atoms with Gasteiger partial charge >= 0.3 is 6.03 Å². The first kappa shape index (κ1) is 17.5. The van der Waals surface area contributed by atoms with Gasteiger partial charge in [0.25, 0.3) is 0 Å². The van der Waals surface area contributed by atoms with Gasteiger partial charge in [-0.2, -0.15) is 5.06 Å². The van der Waals surface area contributed by atoms with Crippen molar-refractivity contribution in [3.8, 4) is 11.8 Å². The molecule has 1 heterocycles. The van der Waals surface area contributed by atoms with E-state index in [0.717, 1.165) is 19.8 Å². The smallest absolute Gasteiger partial charge is 0.339 e. The topological polar surface area (TPSA) is 66.6 Å². The molecule has 2 rings (SSSR count). The zero-order chi connectivity index (χ0) is 17.0. The van der Waals surface area contributed by atoms with Crippen molar-refractivity contribution in [1.82, 2.24) is 5.06 Å². The van der Waals surface area contributed by atoms with Crippen molar-refractivity contribution < 1.29 is 14.4 Å². The maximum Gasteiger partial charge on any atom is 0.339 e. The van der Waals surface area contributed by atoms with Gasteiger partial charge in [0.05, 0.1) is 3.79 Å². The lowest BCUT2D eigenvalue weighted by molar-refractivity contribution is -0.0536. The SMILES string of the molecule is C[C@H](C#Cc1cc(Cc2ccc(F)cc2)sc1Br)N(O)C(N)=O. The largest absolute Gasteiger partial charge is 0.350 e. The Morgan fingerprint density at radius 3 is 2.74 bits per heavy atom. The van der Waals surface area contributed by atoms with E-state index in [1.54, 1.807) is 19.1 Å². The molecule has 1 aromatic carbocycles. The molecule has 0 aliphatic carbocycles. The number of hydrogen-bond acceptors (Lipinski definition) is 3. The highest BCUT2D eigenvalue weighted by molar-refractivity contribution is 9.11. The van der Waals surface area contributed by atoms with Gasteiger partial charge in [0.1, 0.15) is 11.9 Å². The Balaban J connectivity index is 2.12. The summed E-state index contributed by atoms with van der Waals surface area (Å²) in [7, 11) is 0. The second-order valence-electron chi connectivity index (χ2n) is 4.83. The second-order valence-corrected chi connectivity index (χ2v) is 7.29. The summed E-state index contributed by atoms with van der Waals surface area (Å²) in [6.07, 6.45) is 0.675. The van der Waals surface area contributed by atoms with Crippen LogP contribution in [-0.4, -0.2) is 22.3 Å². The molecule has 3 N–H and O–H groups in total. The number of urea groups is 1. The van der Waals surface area contributed by atoms with Crippen molar-refractivity contribution >= 4 is 33.3 Å². The summed E-state index contributed by atoms with van der Waals surface area (Å²) in [5.74, 6) is 5.41. The van der Waals surface area contributed by atoms with E-state index in [9.17, 15) is 14.4 Å². The number of hydrogen-bond donors (Lipinski definition) is 2. The minimum Gasteiger partial charge on any atom is -0.350 e. The van der Waals surface area contributed by atoms with Gasteiger partial charge in [0, 0.05) is 16.9 Å². The number of nitrogens with two attached hydrogens (primary N) is 1. The van der Waals surface area contributed by atoms with Gasteiger partial charge in [0.2, 0.25) is 0 Å². The van der Waals surface area contributed by atoms with Crippen LogP contribution in [0.2, 0.25) is 0 Å². The predicted molar refractivity (Wildman–Crippen MR) is 90.8 cm³/mol. The van der Waals surface area contributed by atoms with Crippen molar-refractivity contribution in [3.05, 3.63) is 55.9 Å². The van der Waals surface area contributed by atoms with E-state index in [2.05, 4.69) is 27.8 Å². The average Bonchev–Trinajstić information content (AvgIpc) is 2.86. The highest BCUT2D eigenvalue weighted by Gasteiger charge is 2.12. The molecule has 23 heavy (non-hydrogen) atoms. The van der Waals surface area contributed by atoms with Gasteiger partial charge in [0.15, 0.2) is 0 Å². The van der Waals surface area contributed by atoms with Crippen LogP contribution >= 0.6 is 27.3 Å². The molecule has 2 aromatic rings. The molecule has 0 fully saturated rings. The molecule has 0 bridgehead atoms. The number of amides is 2. The quantitative estimate of drug-likeness (QED) is 0.471. The third kappa shape index (κ3) is 4.79. The molecular formula is C16H14BrFN2O2S. The maximum atomic E-state index is 12.9. The van der Waals surface area contributed by atoms with E-state index in [-0.39, 0.29) is 5.82 Å². The van der Waals surface area contributed by atoms with Crippen LogP contribution in [0.5, 0.6) is 0 Å². The summed E-state index contributed by atoms with van der Waals surface area (Å²) in [5, 5.41) is 9.76. The summed E-state index contributed by atoms with van der Waals surface area (Å²) in [6, 6.07) is 6.61. The Hall–Kier alpha value is -1.88. The first-order chi connectivity index (χ1) is 10.9. The molecule has 0 aliphatic heterocycles. The fraction of sp³-hybridized carbons (Fsp3) is 0.188. The zero-order valence-electron chi connectivity index (χ0n) is 12.2. The molecule has 0 radical (unpaired) electrons. The fourth-order valence-electron chi connectivity index (χ4n) is 1.83. The lowest BCUT2D eigenvalue weighted by Crippen LogP contribution is -2.38. The third-order valence-electron chi connectivity index (χ3n) is 3.04. The van der Waals surface area contributed by atoms with Crippen LogP contribution in [0.15, 0.2) is 34.1 Å². The van der Waals surface area contributed by atoms with Gasteiger partial charge in [-0.1, -0.05) is 24.0 Å². The minimum atomic E-state index is -0.951. The molecule has 0 saturated carbocycles. The lowest BCUT2D eigenvalue weighted by atomic mass is 10.1. The van der Waals surface area contributed by atoms with Crippen LogP contribution in [0.3, 0.4) is 0 Å². The highest BCUT2D eigenvalue weighted by Crippen LogP contribution is 2.29. The molecule has 2 amide bonds. The first-order valence-corrected chi connectivity index (χ1v) is 8.29. The molecule has 1 atom stereocenters. The van der Waals surface area contributed by atoms with E-state index < -0.39 is 12.1 Å². The number of primary amides is 1. The number of carbonyl (C=O) groups excluding carboxylic acids is 1. The summed E-state index contributed by atoms with van der Waals surface area (Å²) < 4.78 is 13.8. The number of carbonyl (C=O) groups is 1. The van der Waals surface area contributed by atoms with Crippen molar-refractivity contribution in [1.29, 1.82) is 0 Å². The van der Waals surface area contributed by atoms with Crippen LogP contribution in [0.1, 0.15) is 22.9 Å². The van der Waals surface area contributed by atoms with E-state index in [0.29, 0.717) is 11.5 Å². The summed E-state index contributed by atoms with van der Waals surface area (Å²) in [6.45, 7) is 1.57. The molecule has 120 valence electrons. The highest BCUT2D eigenvalue weighted by atomic mass is 79.9. The van der Waals surface area contributed by atoms with Crippen LogP contribution in [0, 0.1) is 17.7 Å². The van der Waals surface area contributed by atoms with Crippen LogP contribution < -0.4 is 5.73 Å². The van der Waals surface area contributed by atoms with E-state index in [1.807, 2.05) is 6.07 Å². The molecule has 1 aromatic heterocycles. The molecule has 0 aliphatic rings. The number of benzene rings is 1. The lowest BCUT2D eigenvalue weighted by Gasteiger charge is -2.14. The Morgan fingerprint density at radius 1 is 1.48 bits per heavy atom. The van der Waals surface area contributed by atoms with Gasteiger partial charge < -0.3 is 5.73 Å². The molecule has 0 saturated heterocycles. The maximum absolute atomic E-state index is 12.9. The zero-order valence-corrected chi connectivity index (χ0v) is 14.6. The third-order valence-corrected chi connectivity index (χ3v) is 4.87. The number of nitrogens with zero attached hydrogens (tertiary/aromatic N) is 1. The molecule has 0 unspecified atom stereocenters. The molecule has 4 nitrogen and oxygen atoms in total. The standard InChI is InChI=1S/C16H14BrFN2O2S/c1-10(20(22)16(19)21)2-5-12-9-14(23-15(12)17)8-11-3-6-13(18)7-4-11/h3-4,6-7,9-10,22H,8H2,1H3,(H2,19,21)/t10-/m1/s1.